The lowest BCUT2D eigenvalue weighted by atomic mass is 9.71. The molecule has 2 rings (SSSR count). The van der Waals surface area contributed by atoms with Crippen LogP contribution in [0, 0.1) is 23.2 Å². The fraction of sp³-hybridized carbons (Fsp3) is 0.643. The van der Waals surface area contributed by atoms with E-state index in [-0.39, 0.29) is 5.54 Å². The maximum atomic E-state index is 9.41. The first-order valence-corrected chi connectivity index (χ1v) is 7.21. The number of nitrogen functional groups attached to an aromatic ring is 1. The van der Waals surface area contributed by atoms with E-state index in [1.54, 1.807) is 11.3 Å². The largest absolute Gasteiger partial charge is 0.389 e. The maximum Gasteiger partial charge on any atom is 0.104 e. The molecule has 98 valence electrons. The first kappa shape index (κ1) is 13.4. The maximum absolute atomic E-state index is 9.41. The minimum Gasteiger partial charge on any atom is -0.389 e. The molecule has 4 heteroatoms. The fourth-order valence-corrected chi connectivity index (χ4v) is 4.95. The average molecular weight is 263 g/mol. The number of nitrogens with two attached hydrogens (primary N) is 1. The Morgan fingerprint density at radius 3 is 2.33 bits per heavy atom. The molecule has 2 N–H and O–H groups in total. The Hall–Kier alpha value is -1.05. The van der Waals surface area contributed by atoms with Crippen LogP contribution in [0.15, 0.2) is 0 Å². The number of rotatable bonds is 2. The second-order valence-corrected chi connectivity index (χ2v) is 6.88. The summed E-state index contributed by atoms with van der Waals surface area (Å²) in [6.45, 7) is 9.85. The number of thiophene rings is 1. The van der Waals surface area contributed by atoms with Crippen molar-refractivity contribution in [1.82, 2.24) is 4.90 Å². The van der Waals surface area contributed by atoms with E-state index in [0.29, 0.717) is 22.4 Å². The van der Waals surface area contributed by atoms with E-state index in [1.165, 1.54) is 10.4 Å². The van der Waals surface area contributed by atoms with Crippen LogP contribution in [0.1, 0.15) is 43.7 Å². The number of hydrogen-bond acceptors (Lipinski definition) is 4. The van der Waals surface area contributed by atoms with Crippen molar-refractivity contribution in [1.29, 1.82) is 5.26 Å². The van der Waals surface area contributed by atoms with Crippen molar-refractivity contribution in [3.05, 3.63) is 16.0 Å². The van der Waals surface area contributed by atoms with Gasteiger partial charge in [-0.1, -0.05) is 27.7 Å². The van der Waals surface area contributed by atoms with E-state index in [1.807, 2.05) is 0 Å². The lowest BCUT2D eigenvalue weighted by Crippen LogP contribution is -2.47. The summed E-state index contributed by atoms with van der Waals surface area (Å²) in [7, 11) is 2.16. The molecule has 1 aliphatic rings. The Morgan fingerprint density at radius 1 is 1.33 bits per heavy atom. The second kappa shape index (κ2) is 4.25. The molecular weight excluding hydrogens is 242 g/mol. The monoisotopic (exact) mass is 263 g/mol. The Morgan fingerprint density at radius 2 is 1.89 bits per heavy atom. The molecule has 0 bridgehead atoms. The van der Waals surface area contributed by atoms with Gasteiger partial charge in [-0.05, 0) is 18.9 Å². The summed E-state index contributed by atoms with van der Waals surface area (Å²) in [5.74, 6) is 0.898. The first-order chi connectivity index (χ1) is 8.37. The molecule has 2 heterocycles. The van der Waals surface area contributed by atoms with Gasteiger partial charge in [-0.25, -0.2) is 0 Å². The number of anilines is 1. The molecule has 1 aliphatic heterocycles. The van der Waals surface area contributed by atoms with Crippen molar-refractivity contribution in [3.8, 4) is 6.07 Å². The van der Waals surface area contributed by atoms with Crippen molar-refractivity contribution >= 4 is 16.3 Å². The minimum atomic E-state index is -0.0610. The predicted molar refractivity (Wildman–Crippen MR) is 76.3 cm³/mol. The summed E-state index contributed by atoms with van der Waals surface area (Å²) in [6.07, 6.45) is 0. The van der Waals surface area contributed by atoms with Gasteiger partial charge in [-0.2, -0.15) is 5.26 Å². The van der Waals surface area contributed by atoms with Gasteiger partial charge >= 0.3 is 0 Å². The van der Waals surface area contributed by atoms with Crippen LogP contribution in [-0.4, -0.2) is 11.9 Å². The third-order valence-corrected chi connectivity index (χ3v) is 5.30. The number of nitrogens with zero attached hydrogens (tertiary/aromatic N) is 2. The zero-order chi connectivity index (χ0) is 13.7. The molecule has 1 aromatic rings. The van der Waals surface area contributed by atoms with Crippen LogP contribution in [0.2, 0.25) is 0 Å². The van der Waals surface area contributed by atoms with Crippen LogP contribution >= 0.6 is 11.3 Å². The number of hydrogen-bond donors (Lipinski definition) is 1. The lowest BCUT2D eigenvalue weighted by molar-refractivity contribution is 0.0344. The van der Waals surface area contributed by atoms with Gasteiger partial charge in [0.15, 0.2) is 0 Å². The quantitative estimate of drug-likeness (QED) is 0.891. The first-order valence-electron chi connectivity index (χ1n) is 6.40. The molecule has 0 aromatic carbocycles. The van der Waals surface area contributed by atoms with E-state index in [4.69, 9.17) is 5.73 Å². The van der Waals surface area contributed by atoms with Crippen molar-refractivity contribution in [2.45, 2.75) is 39.8 Å². The van der Waals surface area contributed by atoms with Gasteiger partial charge in [0.1, 0.15) is 11.1 Å². The Balaban J connectivity index is 2.76. The molecule has 0 saturated heterocycles. The fourth-order valence-electron chi connectivity index (χ4n) is 3.81. The molecule has 0 fully saturated rings. The number of fused-ring (bicyclic) bond motifs is 1. The van der Waals surface area contributed by atoms with Gasteiger partial charge in [0.2, 0.25) is 0 Å². The Kier molecular flexibility index (Phi) is 3.16. The van der Waals surface area contributed by atoms with Crippen LogP contribution in [0.5, 0.6) is 0 Å². The Labute approximate surface area is 113 Å². The summed E-state index contributed by atoms with van der Waals surface area (Å²) in [5, 5.41) is 10.1. The van der Waals surface area contributed by atoms with E-state index in [0.717, 1.165) is 6.54 Å². The van der Waals surface area contributed by atoms with Crippen LogP contribution < -0.4 is 5.73 Å². The summed E-state index contributed by atoms with van der Waals surface area (Å²) in [4.78, 5) is 3.66. The van der Waals surface area contributed by atoms with Crippen molar-refractivity contribution in [2.24, 2.45) is 11.8 Å². The highest BCUT2D eigenvalue weighted by molar-refractivity contribution is 7.16. The smallest absolute Gasteiger partial charge is 0.104 e. The molecule has 1 aromatic heterocycles. The molecule has 0 amide bonds. The normalized spacial score (nSPS) is 18.3. The summed E-state index contributed by atoms with van der Waals surface area (Å²) in [6, 6.07) is 2.32. The highest BCUT2D eigenvalue weighted by Crippen LogP contribution is 2.53. The molecular formula is C14H21N3S. The van der Waals surface area contributed by atoms with Gasteiger partial charge in [0, 0.05) is 17.0 Å². The minimum absolute atomic E-state index is 0.0610. The summed E-state index contributed by atoms with van der Waals surface area (Å²) in [5.41, 5.74) is 7.85. The Bertz CT molecular complexity index is 500. The van der Waals surface area contributed by atoms with Crippen LogP contribution in [0.25, 0.3) is 0 Å². The van der Waals surface area contributed by atoms with Gasteiger partial charge in [-0.15, -0.1) is 11.3 Å². The molecule has 18 heavy (non-hydrogen) atoms. The van der Waals surface area contributed by atoms with Gasteiger partial charge in [0.25, 0.3) is 0 Å². The van der Waals surface area contributed by atoms with Crippen molar-refractivity contribution in [3.63, 3.8) is 0 Å². The van der Waals surface area contributed by atoms with E-state index < -0.39 is 0 Å². The summed E-state index contributed by atoms with van der Waals surface area (Å²) < 4.78 is 0. The molecule has 3 nitrogen and oxygen atoms in total. The summed E-state index contributed by atoms with van der Waals surface area (Å²) >= 11 is 1.58. The number of nitriles is 1. The molecule has 0 radical (unpaired) electrons. The van der Waals surface area contributed by atoms with E-state index in [2.05, 4.69) is 45.7 Å². The van der Waals surface area contributed by atoms with Crippen molar-refractivity contribution in [2.75, 3.05) is 12.8 Å². The molecule has 0 aliphatic carbocycles. The second-order valence-electron chi connectivity index (χ2n) is 5.74. The molecule has 0 saturated carbocycles. The SMILES string of the molecule is CC(C)C1(C(C)C)c2c(sc(N)c2C#N)CN1C. The van der Waals surface area contributed by atoms with E-state index >= 15 is 0 Å². The van der Waals surface area contributed by atoms with Gasteiger partial charge in [-0.3, -0.25) is 4.90 Å². The molecule has 0 unspecified atom stereocenters. The van der Waals surface area contributed by atoms with Crippen LogP contribution in [0.4, 0.5) is 5.00 Å². The highest BCUT2D eigenvalue weighted by Gasteiger charge is 2.50. The standard InChI is InChI=1S/C14H21N3S/c1-8(2)14(9(3)4)12-10(6-15)13(16)18-11(12)7-17(14)5/h8-9H,7,16H2,1-5H3. The zero-order valence-electron chi connectivity index (χ0n) is 11.7. The predicted octanol–water partition coefficient (Wildman–Crippen LogP) is 3.15. The molecule has 0 atom stereocenters. The van der Waals surface area contributed by atoms with Crippen LogP contribution in [-0.2, 0) is 12.1 Å². The van der Waals surface area contributed by atoms with Gasteiger partial charge < -0.3 is 5.73 Å². The topological polar surface area (TPSA) is 53.1 Å². The van der Waals surface area contributed by atoms with Crippen molar-refractivity contribution < 1.29 is 0 Å². The third-order valence-electron chi connectivity index (χ3n) is 4.29. The van der Waals surface area contributed by atoms with E-state index in [9.17, 15) is 5.26 Å². The van der Waals surface area contributed by atoms with Crippen LogP contribution in [0.3, 0.4) is 0 Å². The average Bonchev–Trinajstić information content (AvgIpc) is 2.68. The zero-order valence-corrected chi connectivity index (χ0v) is 12.6. The van der Waals surface area contributed by atoms with Gasteiger partial charge in [0.05, 0.1) is 11.1 Å². The molecule has 0 spiro atoms. The highest BCUT2D eigenvalue weighted by atomic mass is 32.1. The third kappa shape index (κ3) is 1.44. The lowest BCUT2D eigenvalue weighted by Gasteiger charge is -2.44.